The van der Waals surface area contributed by atoms with Crippen LogP contribution in [0.25, 0.3) is 0 Å². The summed E-state index contributed by atoms with van der Waals surface area (Å²) >= 11 is 6.01. The number of anilines is 1. The number of halogens is 1. The number of urea groups is 1. The van der Waals surface area contributed by atoms with Crippen LogP contribution in [0, 0.1) is 5.92 Å². The normalized spacial score (nSPS) is 17.6. The first-order valence-electron chi connectivity index (χ1n) is 7.87. The molecule has 1 aliphatic heterocycles. The Hall–Kier alpha value is -2.28. The second-order valence-corrected chi connectivity index (χ2v) is 6.28. The van der Waals surface area contributed by atoms with Gasteiger partial charge >= 0.3 is 6.03 Å². The zero-order valence-electron chi connectivity index (χ0n) is 13.5. The van der Waals surface area contributed by atoms with E-state index in [-0.39, 0.29) is 6.03 Å². The first-order valence-corrected chi connectivity index (χ1v) is 8.25. The van der Waals surface area contributed by atoms with E-state index < -0.39 is 0 Å². The van der Waals surface area contributed by atoms with Gasteiger partial charge in [0.25, 0.3) is 0 Å². The highest BCUT2D eigenvalue weighted by molar-refractivity contribution is 6.31. The number of carbonyl (C=O) groups is 1. The molecule has 0 bridgehead atoms. The number of methoxy groups -OCH3 is 1. The molecule has 0 aliphatic carbocycles. The molecule has 1 saturated heterocycles. The third-order valence-electron chi connectivity index (χ3n) is 4.12. The zero-order chi connectivity index (χ0) is 16.9. The lowest BCUT2D eigenvalue weighted by Gasteiger charge is -2.32. The molecule has 1 fully saturated rings. The van der Waals surface area contributed by atoms with Gasteiger partial charge in [-0.3, -0.25) is 4.68 Å². The number of benzene rings is 1. The molecule has 0 spiro atoms. The van der Waals surface area contributed by atoms with Gasteiger partial charge in [-0.2, -0.15) is 5.10 Å². The van der Waals surface area contributed by atoms with Gasteiger partial charge in [0.15, 0.2) is 0 Å². The molecule has 1 aromatic heterocycles. The Morgan fingerprint density at radius 1 is 1.50 bits per heavy atom. The number of carbonyl (C=O) groups excluding carboxylic acids is 1. The molecule has 2 aromatic rings. The topological polar surface area (TPSA) is 72.3 Å². The molecule has 1 aliphatic rings. The van der Waals surface area contributed by atoms with Crippen molar-refractivity contribution in [2.45, 2.75) is 19.4 Å². The Morgan fingerprint density at radius 3 is 3.12 bits per heavy atom. The Bertz CT molecular complexity index is 692. The molecule has 7 nitrogen and oxygen atoms in total. The van der Waals surface area contributed by atoms with E-state index >= 15 is 0 Å². The van der Waals surface area contributed by atoms with E-state index in [1.54, 1.807) is 31.6 Å². The van der Waals surface area contributed by atoms with Gasteiger partial charge in [0.2, 0.25) is 0 Å². The Kier molecular flexibility index (Phi) is 5.20. The fraction of sp³-hybridized carbons (Fsp3) is 0.438. The van der Waals surface area contributed by atoms with Crippen molar-refractivity contribution in [1.82, 2.24) is 19.7 Å². The number of nitrogens with one attached hydrogen (secondary N) is 1. The largest absolute Gasteiger partial charge is 0.495 e. The van der Waals surface area contributed by atoms with Gasteiger partial charge in [-0.15, -0.1) is 0 Å². The van der Waals surface area contributed by atoms with Gasteiger partial charge in [-0.25, -0.2) is 9.78 Å². The van der Waals surface area contributed by atoms with E-state index in [1.165, 1.54) is 6.33 Å². The van der Waals surface area contributed by atoms with Crippen molar-refractivity contribution >= 4 is 23.3 Å². The third-order valence-corrected chi connectivity index (χ3v) is 4.36. The second-order valence-electron chi connectivity index (χ2n) is 5.85. The van der Waals surface area contributed by atoms with E-state index in [0.29, 0.717) is 28.9 Å². The van der Waals surface area contributed by atoms with Gasteiger partial charge in [0.1, 0.15) is 18.4 Å². The van der Waals surface area contributed by atoms with Crippen molar-refractivity contribution in [3.8, 4) is 5.75 Å². The number of piperidine rings is 1. The summed E-state index contributed by atoms with van der Waals surface area (Å²) in [5.41, 5.74) is 0.577. The summed E-state index contributed by atoms with van der Waals surface area (Å²) in [7, 11) is 1.56. The molecule has 3 rings (SSSR count). The number of ether oxygens (including phenoxy) is 1. The fourth-order valence-corrected chi connectivity index (χ4v) is 3.13. The zero-order valence-corrected chi connectivity index (χ0v) is 14.2. The van der Waals surface area contributed by atoms with E-state index in [9.17, 15) is 4.79 Å². The maximum absolute atomic E-state index is 12.6. The average Bonchev–Trinajstić information content (AvgIpc) is 3.08. The van der Waals surface area contributed by atoms with Crippen LogP contribution in [0.15, 0.2) is 30.9 Å². The van der Waals surface area contributed by atoms with Crippen molar-refractivity contribution in [3.05, 3.63) is 35.9 Å². The highest BCUT2D eigenvalue weighted by Crippen LogP contribution is 2.28. The van der Waals surface area contributed by atoms with Gasteiger partial charge in [0.05, 0.1) is 12.8 Å². The maximum atomic E-state index is 12.6. The first-order chi connectivity index (χ1) is 11.7. The molecule has 8 heteroatoms. The predicted octanol–water partition coefficient (Wildman–Crippen LogP) is 2.88. The minimum atomic E-state index is -0.140. The number of amides is 2. The lowest BCUT2D eigenvalue weighted by atomic mass is 9.98. The Labute approximate surface area is 145 Å². The molecule has 0 unspecified atom stereocenters. The van der Waals surface area contributed by atoms with Crippen LogP contribution in [-0.4, -0.2) is 45.9 Å². The smallest absolute Gasteiger partial charge is 0.321 e. The van der Waals surface area contributed by atoms with Crippen molar-refractivity contribution in [1.29, 1.82) is 0 Å². The fourth-order valence-electron chi connectivity index (χ4n) is 2.96. The summed E-state index contributed by atoms with van der Waals surface area (Å²) in [6.07, 6.45) is 5.28. The van der Waals surface area contributed by atoms with Gasteiger partial charge in [-0.05, 0) is 37.0 Å². The van der Waals surface area contributed by atoms with E-state index in [2.05, 4.69) is 15.4 Å². The molecule has 0 radical (unpaired) electrons. The van der Waals surface area contributed by atoms with Crippen LogP contribution >= 0.6 is 11.6 Å². The Morgan fingerprint density at radius 2 is 2.38 bits per heavy atom. The minimum Gasteiger partial charge on any atom is -0.495 e. The molecular weight excluding hydrogens is 330 g/mol. The van der Waals surface area contributed by atoms with Crippen molar-refractivity contribution in [2.24, 2.45) is 5.92 Å². The first kappa shape index (κ1) is 16.6. The summed E-state index contributed by atoms with van der Waals surface area (Å²) in [5.74, 6) is 0.955. The molecule has 1 N–H and O–H groups in total. The van der Waals surface area contributed by atoms with Crippen LogP contribution in [0.3, 0.4) is 0 Å². The number of hydrogen-bond donors (Lipinski definition) is 1. The summed E-state index contributed by atoms with van der Waals surface area (Å²) in [5, 5.41) is 7.58. The summed E-state index contributed by atoms with van der Waals surface area (Å²) in [4.78, 5) is 18.4. The standard InChI is InChI=1S/C16H20ClN5O2/c1-24-15-5-4-13(17)7-14(15)20-16(23)21-6-2-3-12(8-21)9-22-11-18-10-19-22/h4-5,7,10-12H,2-3,6,8-9H2,1H3,(H,20,23)/t12-/m0/s1. The minimum absolute atomic E-state index is 0.140. The van der Waals surface area contributed by atoms with Crippen LogP contribution in [0.4, 0.5) is 10.5 Å². The van der Waals surface area contributed by atoms with Crippen molar-refractivity contribution in [3.63, 3.8) is 0 Å². The number of nitrogens with zero attached hydrogens (tertiary/aromatic N) is 4. The SMILES string of the molecule is COc1ccc(Cl)cc1NC(=O)N1CCC[C@H](Cn2cncn2)C1. The molecular formula is C16H20ClN5O2. The molecule has 2 heterocycles. The van der Waals surface area contributed by atoms with Crippen LogP contribution in [0.2, 0.25) is 5.02 Å². The van der Waals surface area contributed by atoms with E-state index in [0.717, 1.165) is 25.9 Å². The van der Waals surface area contributed by atoms with Crippen LogP contribution in [0.1, 0.15) is 12.8 Å². The highest BCUT2D eigenvalue weighted by atomic mass is 35.5. The van der Waals surface area contributed by atoms with E-state index in [1.807, 2.05) is 9.58 Å². The van der Waals surface area contributed by atoms with Crippen LogP contribution < -0.4 is 10.1 Å². The third kappa shape index (κ3) is 3.97. The van der Waals surface area contributed by atoms with Crippen molar-refractivity contribution in [2.75, 3.05) is 25.5 Å². The number of aromatic nitrogens is 3. The van der Waals surface area contributed by atoms with E-state index in [4.69, 9.17) is 16.3 Å². The summed E-state index contributed by atoms with van der Waals surface area (Å²) < 4.78 is 7.08. The predicted molar refractivity (Wildman–Crippen MR) is 91.3 cm³/mol. The molecule has 0 saturated carbocycles. The molecule has 24 heavy (non-hydrogen) atoms. The van der Waals surface area contributed by atoms with Crippen LogP contribution in [-0.2, 0) is 6.54 Å². The van der Waals surface area contributed by atoms with Gasteiger partial charge in [-0.1, -0.05) is 11.6 Å². The molecule has 2 amide bonds. The second kappa shape index (κ2) is 7.53. The summed E-state index contributed by atoms with van der Waals surface area (Å²) in [6.45, 7) is 2.20. The molecule has 1 atom stereocenters. The number of likely N-dealkylation sites (tertiary alicyclic amines) is 1. The Balaban J connectivity index is 1.63. The number of hydrogen-bond acceptors (Lipinski definition) is 4. The monoisotopic (exact) mass is 349 g/mol. The molecule has 128 valence electrons. The van der Waals surface area contributed by atoms with Crippen LogP contribution in [0.5, 0.6) is 5.75 Å². The lowest BCUT2D eigenvalue weighted by molar-refractivity contribution is 0.168. The van der Waals surface area contributed by atoms with Crippen molar-refractivity contribution < 1.29 is 9.53 Å². The van der Waals surface area contributed by atoms with Gasteiger partial charge < -0.3 is 15.0 Å². The highest BCUT2D eigenvalue weighted by Gasteiger charge is 2.24. The van der Waals surface area contributed by atoms with Gasteiger partial charge in [0, 0.05) is 24.7 Å². The average molecular weight is 350 g/mol. The lowest BCUT2D eigenvalue weighted by Crippen LogP contribution is -2.43. The maximum Gasteiger partial charge on any atom is 0.321 e. The quantitative estimate of drug-likeness (QED) is 0.921. The number of rotatable bonds is 4. The summed E-state index contributed by atoms with van der Waals surface area (Å²) in [6, 6.07) is 5.01. The molecule has 1 aromatic carbocycles.